The highest BCUT2D eigenvalue weighted by molar-refractivity contribution is 7.99. The highest BCUT2D eigenvalue weighted by Gasteiger charge is 2.23. The van der Waals surface area contributed by atoms with E-state index in [2.05, 4.69) is 34.6 Å². The van der Waals surface area contributed by atoms with Crippen LogP contribution >= 0.6 is 11.8 Å². The van der Waals surface area contributed by atoms with Gasteiger partial charge in [0.05, 0.1) is 5.92 Å². The predicted molar refractivity (Wildman–Crippen MR) is 116 cm³/mol. The SMILES string of the molecule is CC(C(=O)NCc1ccccc1)c1[nH]c2ccccc2c1Sc1ccccc1. The molecule has 0 bridgehead atoms. The van der Waals surface area contributed by atoms with Crippen molar-refractivity contribution in [2.75, 3.05) is 0 Å². The molecule has 140 valence electrons. The number of rotatable bonds is 6. The normalized spacial score (nSPS) is 12.0. The Morgan fingerprint density at radius 1 is 0.929 bits per heavy atom. The Kier molecular flexibility index (Phi) is 5.49. The number of benzene rings is 3. The lowest BCUT2D eigenvalue weighted by Crippen LogP contribution is -2.27. The zero-order valence-corrected chi connectivity index (χ0v) is 16.5. The summed E-state index contributed by atoms with van der Waals surface area (Å²) in [6.45, 7) is 2.49. The van der Waals surface area contributed by atoms with Gasteiger partial charge in [0.25, 0.3) is 0 Å². The summed E-state index contributed by atoms with van der Waals surface area (Å²) in [6, 6.07) is 28.5. The molecule has 0 saturated carbocycles. The quantitative estimate of drug-likeness (QED) is 0.444. The van der Waals surface area contributed by atoms with Crippen LogP contribution in [0.25, 0.3) is 10.9 Å². The number of fused-ring (bicyclic) bond motifs is 1. The van der Waals surface area contributed by atoms with Crippen LogP contribution in [0.15, 0.2) is 94.7 Å². The molecular formula is C24H22N2OS. The van der Waals surface area contributed by atoms with E-state index in [4.69, 9.17) is 0 Å². The maximum atomic E-state index is 12.9. The summed E-state index contributed by atoms with van der Waals surface area (Å²) in [7, 11) is 0. The summed E-state index contributed by atoms with van der Waals surface area (Å²) in [6.07, 6.45) is 0. The zero-order valence-electron chi connectivity index (χ0n) is 15.7. The fraction of sp³-hybridized carbons (Fsp3) is 0.125. The van der Waals surface area contributed by atoms with Gasteiger partial charge in [-0.3, -0.25) is 4.79 Å². The molecule has 0 radical (unpaired) electrons. The molecule has 0 aliphatic rings. The first kappa shape index (κ1) is 18.4. The van der Waals surface area contributed by atoms with Gasteiger partial charge in [-0.25, -0.2) is 0 Å². The summed E-state index contributed by atoms with van der Waals surface area (Å²) in [5, 5.41) is 4.21. The van der Waals surface area contributed by atoms with Gasteiger partial charge < -0.3 is 10.3 Å². The van der Waals surface area contributed by atoms with E-state index in [0.717, 1.165) is 32.0 Å². The van der Waals surface area contributed by atoms with E-state index in [9.17, 15) is 4.79 Å². The van der Waals surface area contributed by atoms with Crippen molar-refractivity contribution >= 4 is 28.6 Å². The summed E-state index contributed by atoms with van der Waals surface area (Å²) in [5.41, 5.74) is 3.11. The summed E-state index contributed by atoms with van der Waals surface area (Å²) in [4.78, 5) is 18.6. The van der Waals surface area contributed by atoms with E-state index in [1.807, 2.05) is 67.6 Å². The highest BCUT2D eigenvalue weighted by Crippen LogP contribution is 2.39. The van der Waals surface area contributed by atoms with E-state index < -0.39 is 0 Å². The Balaban J connectivity index is 1.61. The van der Waals surface area contributed by atoms with Gasteiger partial charge in [-0.15, -0.1) is 0 Å². The van der Waals surface area contributed by atoms with Gasteiger partial charge in [0, 0.05) is 32.9 Å². The van der Waals surface area contributed by atoms with Crippen molar-refractivity contribution in [3.05, 3.63) is 96.2 Å². The van der Waals surface area contributed by atoms with Crippen molar-refractivity contribution < 1.29 is 4.79 Å². The molecule has 28 heavy (non-hydrogen) atoms. The fourth-order valence-corrected chi connectivity index (χ4v) is 4.38. The third-order valence-corrected chi connectivity index (χ3v) is 5.94. The van der Waals surface area contributed by atoms with Crippen LogP contribution in [-0.4, -0.2) is 10.9 Å². The second kappa shape index (κ2) is 8.36. The average molecular weight is 387 g/mol. The monoisotopic (exact) mass is 386 g/mol. The number of nitrogens with one attached hydrogen (secondary N) is 2. The molecular weight excluding hydrogens is 364 g/mol. The van der Waals surface area contributed by atoms with Crippen LogP contribution in [0.2, 0.25) is 0 Å². The average Bonchev–Trinajstić information content (AvgIpc) is 3.11. The second-order valence-electron chi connectivity index (χ2n) is 6.75. The molecule has 1 aromatic heterocycles. The minimum atomic E-state index is -0.276. The molecule has 0 aliphatic heterocycles. The van der Waals surface area contributed by atoms with Crippen LogP contribution in [0.5, 0.6) is 0 Å². The lowest BCUT2D eigenvalue weighted by molar-refractivity contribution is -0.122. The van der Waals surface area contributed by atoms with E-state index in [1.165, 1.54) is 0 Å². The second-order valence-corrected chi connectivity index (χ2v) is 7.84. The lowest BCUT2D eigenvalue weighted by atomic mass is 10.1. The summed E-state index contributed by atoms with van der Waals surface area (Å²) in [5.74, 6) is -0.257. The van der Waals surface area contributed by atoms with E-state index in [-0.39, 0.29) is 11.8 Å². The predicted octanol–water partition coefficient (Wildman–Crippen LogP) is 5.74. The molecule has 1 heterocycles. The summed E-state index contributed by atoms with van der Waals surface area (Å²) < 4.78 is 0. The van der Waals surface area contributed by atoms with Crippen LogP contribution in [0.1, 0.15) is 24.1 Å². The number of carbonyl (C=O) groups excluding carboxylic acids is 1. The number of hydrogen-bond acceptors (Lipinski definition) is 2. The molecule has 0 saturated heterocycles. The third-order valence-electron chi connectivity index (χ3n) is 4.78. The Morgan fingerprint density at radius 2 is 1.57 bits per heavy atom. The molecule has 3 nitrogen and oxygen atoms in total. The first-order valence-corrected chi connectivity index (χ1v) is 10.2. The largest absolute Gasteiger partial charge is 0.357 e. The molecule has 0 aliphatic carbocycles. The number of H-pyrrole nitrogens is 1. The van der Waals surface area contributed by atoms with Crippen LogP contribution in [0.3, 0.4) is 0 Å². The van der Waals surface area contributed by atoms with Crippen LogP contribution < -0.4 is 5.32 Å². The van der Waals surface area contributed by atoms with Gasteiger partial charge in [-0.05, 0) is 30.7 Å². The van der Waals surface area contributed by atoms with Crippen molar-refractivity contribution in [2.45, 2.75) is 29.2 Å². The van der Waals surface area contributed by atoms with Gasteiger partial charge in [-0.1, -0.05) is 78.5 Å². The number of aromatic nitrogens is 1. The highest BCUT2D eigenvalue weighted by atomic mass is 32.2. The minimum absolute atomic E-state index is 0.0188. The molecule has 1 unspecified atom stereocenters. The van der Waals surface area contributed by atoms with E-state index in [1.54, 1.807) is 11.8 Å². The molecule has 1 amide bonds. The smallest absolute Gasteiger partial charge is 0.229 e. The van der Waals surface area contributed by atoms with Crippen LogP contribution in [-0.2, 0) is 11.3 Å². The molecule has 2 N–H and O–H groups in total. The van der Waals surface area contributed by atoms with Crippen molar-refractivity contribution in [1.82, 2.24) is 10.3 Å². The third kappa shape index (κ3) is 3.97. The number of hydrogen-bond donors (Lipinski definition) is 2. The van der Waals surface area contributed by atoms with Crippen molar-refractivity contribution in [1.29, 1.82) is 0 Å². The van der Waals surface area contributed by atoms with E-state index >= 15 is 0 Å². The van der Waals surface area contributed by atoms with Crippen molar-refractivity contribution in [2.24, 2.45) is 0 Å². The molecule has 4 heteroatoms. The van der Waals surface area contributed by atoms with Gasteiger partial charge in [-0.2, -0.15) is 0 Å². The number of carbonyl (C=O) groups is 1. The molecule has 0 fully saturated rings. The van der Waals surface area contributed by atoms with Crippen molar-refractivity contribution in [3.8, 4) is 0 Å². The van der Waals surface area contributed by atoms with Gasteiger partial charge in [0.15, 0.2) is 0 Å². The minimum Gasteiger partial charge on any atom is -0.357 e. The summed E-state index contributed by atoms with van der Waals surface area (Å²) >= 11 is 1.70. The Bertz CT molecular complexity index is 1070. The first-order chi connectivity index (χ1) is 13.7. The Morgan fingerprint density at radius 3 is 2.32 bits per heavy atom. The topological polar surface area (TPSA) is 44.9 Å². The standard InChI is InChI=1S/C24H22N2OS/c1-17(24(27)25-16-18-10-4-2-5-11-18)22-23(28-19-12-6-3-7-13-19)20-14-8-9-15-21(20)26-22/h2-15,17,26H,16H2,1H3,(H,25,27). The fourth-order valence-electron chi connectivity index (χ4n) is 3.23. The van der Waals surface area contributed by atoms with Gasteiger partial charge in [0.2, 0.25) is 5.91 Å². The number of para-hydroxylation sites is 1. The number of aromatic amines is 1. The van der Waals surface area contributed by atoms with Crippen LogP contribution in [0, 0.1) is 0 Å². The van der Waals surface area contributed by atoms with Crippen LogP contribution in [0.4, 0.5) is 0 Å². The Labute approximate surface area is 169 Å². The lowest BCUT2D eigenvalue weighted by Gasteiger charge is -2.13. The molecule has 1 atom stereocenters. The maximum absolute atomic E-state index is 12.9. The molecule has 4 aromatic rings. The maximum Gasteiger partial charge on any atom is 0.229 e. The molecule has 3 aromatic carbocycles. The first-order valence-electron chi connectivity index (χ1n) is 9.37. The van der Waals surface area contributed by atoms with Gasteiger partial charge >= 0.3 is 0 Å². The van der Waals surface area contributed by atoms with E-state index in [0.29, 0.717) is 6.54 Å². The van der Waals surface area contributed by atoms with Crippen molar-refractivity contribution in [3.63, 3.8) is 0 Å². The Hall–Kier alpha value is -2.98. The number of amides is 1. The molecule has 4 rings (SSSR count). The molecule has 0 spiro atoms. The zero-order chi connectivity index (χ0) is 19.3. The van der Waals surface area contributed by atoms with Gasteiger partial charge in [0.1, 0.15) is 0 Å².